The lowest BCUT2D eigenvalue weighted by Crippen LogP contribution is -1.97. The van der Waals surface area contributed by atoms with E-state index >= 15 is 0 Å². The number of aryl methyl sites for hydroxylation is 2. The third-order valence-electron chi connectivity index (χ3n) is 2.86. The Morgan fingerprint density at radius 1 is 1.47 bits per heavy atom. The molecule has 1 aromatic heterocycles. The summed E-state index contributed by atoms with van der Waals surface area (Å²) in [6, 6.07) is 5.09. The van der Waals surface area contributed by atoms with Gasteiger partial charge in [-0.15, -0.1) is 0 Å². The van der Waals surface area contributed by atoms with Gasteiger partial charge in [0.05, 0.1) is 16.6 Å². The first-order chi connectivity index (χ1) is 7.25. The number of hydrogen-bond acceptors (Lipinski definition) is 2. The molecule has 1 aromatic carbocycles. The molecule has 2 aromatic rings. The standard InChI is InChI=1S/C11H10N2O2/c14-11(15)7-3-4-8-9(6-7)13-5-1-2-10(13)12-8/h3-4,6H,1-2,5H2,(H,14,15). The summed E-state index contributed by atoms with van der Waals surface area (Å²) in [7, 11) is 0. The minimum absolute atomic E-state index is 0.331. The van der Waals surface area contributed by atoms with Gasteiger partial charge in [-0.3, -0.25) is 0 Å². The number of rotatable bonds is 1. The lowest BCUT2D eigenvalue weighted by Gasteiger charge is -1.99. The topological polar surface area (TPSA) is 55.1 Å². The number of fused-ring (bicyclic) bond motifs is 3. The number of carbonyl (C=O) groups is 1. The van der Waals surface area contributed by atoms with Crippen LogP contribution in [0.15, 0.2) is 18.2 Å². The summed E-state index contributed by atoms with van der Waals surface area (Å²) in [6.45, 7) is 0.953. The average Bonchev–Trinajstić information content (AvgIpc) is 2.75. The first-order valence-electron chi connectivity index (χ1n) is 4.98. The van der Waals surface area contributed by atoms with Crippen molar-refractivity contribution in [1.82, 2.24) is 9.55 Å². The van der Waals surface area contributed by atoms with Crippen molar-refractivity contribution >= 4 is 17.0 Å². The van der Waals surface area contributed by atoms with Gasteiger partial charge in [-0.1, -0.05) is 0 Å². The van der Waals surface area contributed by atoms with Crippen LogP contribution in [-0.2, 0) is 13.0 Å². The molecule has 2 heterocycles. The summed E-state index contributed by atoms with van der Waals surface area (Å²) < 4.78 is 2.11. The van der Waals surface area contributed by atoms with Crippen LogP contribution in [0.3, 0.4) is 0 Å². The van der Waals surface area contributed by atoms with E-state index in [9.17, 15) is 4.79 Å². The fourth-order valence-electron chi connectivity index (χ4n) is 2.14. The molecule has 15 heavy (non-hydrogen) atoms. The molecule has 0 amide bonds. The molecular weight excluding hydrogens is 192 g/mol. The molecule has 1 N–H and O–H groups in total. The molecule has 0 radical (unpaired) electrons. The predicted molar refractivity (Wildman–Crippen MR) is 55.0 cm³/mol. The second kappa shape index (κ2) is 2.82. The smallest absolute Gasteiger partial charge is 0.335 e. The van der Waals surface area contributed by atoms with Gasteiger partial charge in [0, 0.05) is 13.0 Å². The van der Waals surface area contributed by atoms with Crippen molar-refractivity contribution in [3.05, 3.63) is 29.6 Å². The lowest BCUT2D eigenvalue weighted by atomic mass is 10.2. The van der Waals surface area contributed by atoms with Crippen LogP contribution >= 0.6 is 0 Å². The molecule has 0 fully saturated rings. The zero-order valence-corrected chi connectivity index (χ0v) is 8.10. The number of imidazole rings is 1. The molecule has 0 aliphatic carbocycles. The summed E-state index contributed by atoms with van der Waals surface area (Å²) in [5.74, 6) is 0.193. The van der Waals surface area contributed by atoms with E-state index in [1.807, 2.05) is 0 Å². The Labute approximate surface area is 86.2 Å². The monoisotopic (exact) mass is 202 g/mol. The highest BCUT2D eigenvalue weighted by Gasteiger charge is 2.16. The fraction of sp³-hybridized carbons (Fsp3) is 0.273. The zero-order chi connectivity index (χ0) is 10.4. The van der Waals surface area contributed by atoms with Crippen LogP contribution in [0.4, 0.5) is 0 Å². The second-order valence-corrected chi connectivity index (χ2v) is 3.79. The maximum absolute atomic E-state index is 10.8. The number of aromatic nitrogens is 2. The molecule has 0 saturated carbocycles. The highest BCUT2D eigenvalue weighted by atomic mass is 16.4. The Bertz CT molecular complexity index is 557. The highest BCUT2D eigenvalue weighted by Crippen LogP contribution is 2.23. The number of nitrogens with zero attached hydrogens (tertiary/aromatic N) is 2. The normalized spacial score (nSPS) is 14.4. The van der Waals surface area contributed by atoms with Crippen LogP contribution < -0.4 is 0 Å². The van der Waals surface area contributed by atoms with E-state index in [2.05, 4.69) is 9.55 Å². The van der Waals surface area contributed by atoms with Crippen LogP contribution in [0, 0.1) is 0 Å². The third kappa shape index (κ3) is 1.14. The van der Waals surface area contributed by atoms with Gasteiger partial charge in [-0.2, -0.15) is 0 Å². The summed E-state index contributed by atoms with van der Waals surface area (Å²) in [5.41, 5.74) is 2.18. The lowest BCUT2D eigenvalue weighted by molar-refractivity contribution is 0.0697. The summed E-state index contributed by atoms with van der Waals surface area (Å²) in [5, 5.41) is 8.90. The summed E-state index contributed by atoms with van der Waals surface area (Å²) >= 11 is 0. The number of hydrogen-bond donors (Lipinski definition) is 1. The highest BCUT2D eigenvalue weighted by molar-refractivity contribution is 5.92. The number of carboxylic acids is 1. The molecule has 4 nitrogen and oxygen atoms in total. The Morgan fingerprint density at radius 3 is 3.13 bits per heavy atom. The first-order valence-corrected chi connectivity index (χ1v) is 4.98. The van der Waals surface area contributed by atoms with Gasteiger partial charge in [0.25, 0.3) is 0 Å². The van der Waals surface area contributed by atoms with E-state index in [-0.39, 0.29) is 0 Å². The van der Waals surface area contributed by atoms with Crippen LogP contribution in [0.1, 0.15) is 22.6 Å². The van der Waals surface area contributed by atoms with Crippen molar-refractivity contribution in [3.63, 3.8) is 0 Å². The van der Waals surface area contributed by atoms with E-state index in [1.54, 1.807) is 18.2 Å². The number of aromatic carboxylic acids is 1. The quantitative estimate of drug-likeness (QED) is 0.765. The summed E-state index contributed by atoms with van der Waals surface area (Å²) in [6.07, 6.45) is 2.10. The van der Waals surface area contributed by atoms with Crippen molar-refractivity contribution < 1.29 is 9.90 Å². The average molecular weight is 202 g/mol. The van der Waals surface area contributed by atoms with Crippen molar-refractivity contribution in [2.45, 2.75) is 19.4 Å². The van der Waals surface area contributed by atoms with Gasteiger partial charge >= 0.3 is 5.97 Å². The van der Waals surface area contributed by atoms with Crippen LogP contribution in [0.25, 0.3) is 11.0 Å². The first kappa shape index (κ1) is 8.47. The van der Waals surface area contributed by atoms with Crippen LogP contribution in [-0.4, -0.2) is 20.6 Å². The maximum Gasteiger partial charge on any atom is 0.335 e. The number of benzene rings is 1. The van der Waals surface area contributed by atoms with E-state index in [0.29, 0.717) is 5.56 Å². The molecule has 1 aliphatic heterocycles. The molecule has 0 saturated heterocycles. The molecule has 0 atom stereocenters. The van der Waals surface area contributed by atoms with Crippen molar-refractivity contribution in [3.8, 4) is 0 Å². The second-order valence-electron chi connectivity index (χ2n) is 3.79. The molecule has 1 aliphatic rings. The summed E-state index contributed by atoms with van der Waals surface area (Å²) in [4.78, 5) is 15.3. The zero-order valence-electron chi connectivity index (χ0n) is 8.10. The van der Waals surface area contributed by atoms with Crippen molar-refractivity contribution in [2.75, 3.05) is 0 Å². The molecular formula is C11H10N2O2. The van der Waals surface area contributed by atoms with Gasteiger partial charge < -0.3 is 9.67 Å². The van der Waals surface area contributed by atoms with Gasteiger partial charge in [-0.25, -0.2) is 9.78 Å². The Morgan fingerprint density at radius 2 is 2.33 bits per heavy atom. The molecule has 0 spiro atoms. The minimum Gasteiger partial charge on any atom is -0.478 e. The minimum atomic E-state index is -0.884. The van der Waals surface area contributed by atoms with E-state index in [4.69, 9.17) is 5.11 Å². The molecule has 4 heteroatoms. The van der Waals surface area contributed by atoms with E-state index in [1.165, 1.54) is 0 Å². The van der Waals surface area contributed by atoms with Crippen molar-refractivity contribution in [1.29, 1.82) is 0 Å². The van der Waals surface area contributed by atoms with Gasteiger partial charge in [0.2, 0.25) is 0 Å². The Kier molecular flexibility index (Phi) is 1.59. The van der Waals surface area contributed by atoms with Crippen molar-refractivity contribution in [2.24, 2.45) is 0 Å². The largest absolute Gasteiger partial charge is 0.478 e. The van der Waals surface area contributed by atoms with E-state index < -0.39 is 5.97 Å². The fourth-order valence-corrected chi connectivity index (χ4v) is 2.14. The molecule has 0 unspecified atom stereocenters. The molecule has 0 bridgehead atoms. The SMILES string of the molecule is O=C(O)c1ccc2nc3n(c2c1)CCC3. The molecule has 3 rings (SSSR count). The Hall–Kier alpha value is -1.84. The van der Waals surface area contributed by atoms with Crippen LogP contribution in [0.5, 0.6) is 0 Å². The van der Waals surface area contributed by atoms with Gasteiger partial charge in [0.1, 0.15) is 5.82 Å². The Balaban J connectivity index is 2.29. The van der Waals surface area contributed by atoms with Gasteiger partial charge in [0.15, 0.2) is 0 Å². The number of carboxylic acid groups (broad SMARTS) is 1. The van der Waals surface area contributed by atoms with Crippen LogP contribution in [0.2, 0.25) is 0 Å². The maximum atomic E-state index is 10.8. The predicted octanol–water partition coefficient (Wildman–Crippen LogP) is 1.68. The third-order valence-corrected chi connectivity index (χ3v) is 2.86. The van der Waals surface area contributed by atoms with Gasteiger partial charge in [-0.05, 0) is 24.6 Å². The van der Waals surface area contributed by atoms with E-state index in [0.717, 1.165) is 36.2 Å². The molecule has 76 valence electrons.